The van der Waals surface area contributed by atoms with Gasteiger partial charge in [0, 0.05) is 37.6 Å². The molecule has 1 aliphatic rings. The maximum atomic E-state index is 12.6. The molecule has 6 heteroatoms. The lowest BCUT2D eigenvalue weighted by atomic mass is 10.1. The molecule has 2 aromatic heterocycles. The van der Waals surface area contributed by atoms with E-state index >= 15 is 0 Å². The summed E-state index contributed by atoms with van der Waals surface area (Å²) in [4.78, 5) is 23.0. The van der Waals surface area contributed by atoms with Gasteiger partial charge in [0.2, 0.25) is 5.91 Å². The van der Waals surface area contributed by atoms with Crippen LogP contribution in [0.5, 0.6) is 0 Å². The van der Waals surface area contributed by atoms with Gasteiger partial charge in [-0.25, -0.2) is 0 Å². The molecule has 0 bridgehead atoms. The number of carbonyl (C=O) groups excluding carboxylic acids is 1. The van der Waals surface area contributed by atoms with Gasteiger partial charge in [0.1, 0.15) is 0 Å². The van der Waals surface area contributed by atoms with E-state index in [9.17, 15) is 4.79 Å². The summed E-state index contributed by atoms with van der Waals surface area (Å²) in [7, 11) is 0. The second-order valence-electron chi connectivity index (χ2n) is 6.13. The van der Waals surface area contributed by atoms with Gasteiger partial charge in [-0.2, -0.15) is 5.10 Å². The van der Waals surface area contributed by atoms with E-state index in [-0.39, 0.29) is 11.9 Å². The zero-order chi connectivity index (χ0) is 16.2. The van der Waals surface area contributed by atoms with Crippen molar-refractivity contribution >= 4 is 5.91 Å². The van der Waals surface area contributed by atoms with Crippen molar-refractivity contribution in [2.75, 3.05) is 6.54 Å². The molecule has 122 valence electrons. The van der Waals surface area contributed by atoms with Crippen LogP contribution in [0.15, 0.2) is 24.7 Å². The van der Waals surface area contributed by atoms with Gasteiger partial charge in [-0.3, -0.25) is 19.4 Å². The number of nitrogens with zero attached hydrogens (tertiary/aromatic N) is 5. The summed E-state index contributed by atoms with van der Waals surface area (Å²) >= 11 is 0. The second-order valence-corrected chi connectivity index (χ2v) is 6.13. The lowest BCUT2D eigenvalue weighted by Crippen LogP contribution is -2.31. The van der Waals surface area contributed by atoms with Gasteiger partial charge in [0.05, 0.1) is 23.6 Å². The van der Waals surface area contributed by atoms with E-state index in [1.54, 1.807) is 18.6 Å². The Balaban J connectivity index is 1.56. The molecule has 1 unspecified atom stereocenters. The first-order valence-corrected chi connectivity index (χ1v) is 8.21. The number of hydrogen-bond donors (Lipinski definition) is 0. The molecule has 0 saturated carbocycles. The SMILES string of the molecule is Cc1cc(C)n(CCCC(=O)N2CCCC2c2cnccn2)n1. The third kappa shape index (κ3) is 3.57. The van der Waals surface area contributed by atoms with Crippen molar-refractivity contribution in [2.45, 2.75) is 52.1 Å². The van der Waals surface area contributed by atoms with E-state index in [0.29, 0.717) is 6.42 Å². The summed E-state index contributed by atoms with van der Waals surface area (Å²) in [5.41, 5.74) is 3.07. The molecule has 3 heterocycles. The number of hydrogen-bond acceptors (Lipinski definition) is 4. The normalized spacial score (nSPS) is 17.7. The summed E-state index contributed by atoms with van der Waals surface area (Å²) in [6.45, 7) is 5.64. The van der Waals surface area contributed by atoms with Gasteiger partial charge in [0.25, 0.3) is 0 Å². The van der Waals surface area contributed by atoms with Crippen LogP contribution < -0.4 is 0 Å². The lowest BCUT2D eigenvalue weighted by Gasteiger charge is -2.24. The van der Waals surface area contributed by atoms with Gasteiger partial charge >= 0.3 is 0 Å². The largest absolute Gasteiger partial charge is 0.334 e. The Morgan fingerprint density at radius 2 is 2.22 bits per heavy atom. The fourth-order valence-corrected chi connectivity index (χ4v) is 3.28. The quantitative estimate of drug-likeness (QED) is 0.850. The van der Waals surface area contributed by atoms with Crippen molar-refractivity contribution in [3.63, 3.8) is 0 Å². The van der Waals surface area contributed by atoms with E-state index < -0.39 is 0 Å². The smallest absolute Gasteiger partial charge is 0.223 e. The first-order chi connectivity index (χ1) is 11.1. The molecule has 23 heavy (non-hydrogen) atoms. The average molecular weight is 313 g/mol. The molecule has 1 amide bonds. The van der Waals surface area contributed by atoms with Crippen LogP contribution in [0, 0.1) is 13.8 Å². The molecule has 1 saturated heterocycles. The Kier molecular flexibility index (Phi) is 4.69. The standard InChI is InChI=1S/C17H23N5O/c1-13-11-14(2)22(20-13)10-4-6-17(23)21-9-3-5-16(21)15-12-18-7-8-19-15/h7-8,11-12,16H,3-6,9-10H2,1-2H3. The molecule has 3 rings (SSSR count). The van der Waals surface area contributed by atoms with Crippen LogP contribution in [0.2, 0.25) is 0 Å². The van der Waals surface area contributed by atoms with Crippen LogP contribution in [0.1, 0.15) is 48.8 Å². The van der Waals surface area contributed by atoms with Crippen LogP contribution in [-0.2, 0) is 11.3 Å². The monoisotopic (exact) mass is 313 g/mol. The Labute approximate surface area is 136 Å². The highest BCUT2D eigenvalue weighted by atomic mass is 16.2. The Morgan fingerprint density at radius 3 is 2.91 bits per heavy atom. The maximum absolute atomic E-state index is 12.6. The number of carbonyl (C=O) groups is 1. The van der Waals surface area contributed by atoms with Gasteiger partial charge in [-0.1, -0.05) is 0 Å². The molecule has 1 aliphatic heterocycles. The van der Waals surface area contributed by atoms with Crippen LogP contribution in [-0.4, -0.2) is 37.1 Å². The first-order valence-electron chi connectivity index (χ1n) is 8.21. The highest BCUT2D eigenvalue weighted by molar-refractivity contribution is 5.76. The number of aromatic nitrogens is 4. The van der Waals surface area contributed by atoms with Crippen LogP contribution in [0.3, 0.4) is 0 Å². The van der Waals surface area contributed by atoms with Gasteiger partial charge in [-0.15, -0.1) is 0 Å². The van der Waals surface area contributed by atoms with E-state index in [1.807, 2.05) is 23.4 Å². The van der Waals surface area contributed by atoms with Crippen LogP contribution in [0.4, 0.5) is 0 Å². The van der Waals surface area contributed by atoms with Gasteiger partial charge in [0.15, 0.2) is 0 Å². The van der Waals surface area contributed by atoms with Crippen molar-refractivity contribution in [2.24, 2.45) is 0 Å². The molecule has 0 spiro atoms. The van der Waals surface area contributed by atoms with E-state index in [0.717, 1.165) is 49.4 Å². The zero-order valence-electron chi connectivity index (χ0n) is 13.8. The van der Waals surface area contributed by atoms with Crippen molar-refractivity contribution in [3.05, 3.63) is 41.7 Å². The summed E-state index contributed by atoms with van der Waals surface area (Å²) in [6, 6.07) is 2.15. The second kappa shape index (κ2) is 6.89. The third-order valence-corrected chi connectivity index (χ3v) is 4.36. The molecular weight excluding hydrogens is 290 g/mol. The average Bonchev–Trinajstić information content (AvgIpc) is 3.15. The van der Waals surface area contributed by atoms with Gasteiger partial charge < -0.3 is 4.90 Å². The Hall–Kier alpha value is -2.24. The molecule has 2 aromatic rings. The molecule has 1 atom stereocenters. The zero-order valence-corrected chi connectivity index (χ0v) is 13.8. The molecule has 0 aromatic carbocycles. The van der Waals surface area contributed by atoms with E-state index in [4.69, 9.17) is 0 Å². The molecule has 0 N–H and O–H groups in total. The van der Waals surface area contributed by atoms with Crippen molar-refractivity contribution in [1.29, 1.82) is 0 Å². The number of aryl methyl sites for hydroxylation is 3. The number of rotatable bonds is 5. The molecule has 1 fully saturated rings. The topological polar surface area (TPSA) is 63.9 Å². The highest BCUT2D eigenvalue weighted by Gasteiger charge is 2.30. The number of likely N-dealkylation sites (tertiary alicyclic amines) is 1. The minimum Gasteiger partial charge on any atom is -0.334 e. The predicted molar refractivity (Wildman–Crippen MR) is 86.7 cm³/mol. The first kappa shape index (κ1) is 15.6. The van der Waals surface area contributed by atoms with Crippen LogP contribution >= 0.6 is 0 Å². The van der Waals surface area contributed by atoms with E-state index in [1.165, 1.54) is 0 Å². The summed E-state index contributed by atoms with van der Waals surface area (Å²) in [5.74, 6) is 0.208. The Bertz CT molecular complexity index is 667. The number of amides is 1. The Morgan fingerprint density at radius 1 is 1.35 bits per heavy atom. The van der Waals surface area contributed by atoms with Crippen LogP contribution in [0.25, 0.3) is 0 Å². The van der Waals surface area contributed by atoms with Gasteiger partial charge in [-0.05, 0) is 39.2 Å². The van der Waals surface area contributed by atoms with E-state index in [2.05, 4.69) is 21.1 Å². The summed E-state index contributed by atoms with van der Waals surface area (Å²) in [6.07, 6.45) is 8.50. The van der Waals surface area contributed by atoms with Crippen molar-refractivity contribution in [1.82, 2.24) is 24.6 Å². The minimum absolute atomic E-state index is 0.0879. The summed E-state index contributed by atoms with van der Waals surface area (Å²) < 4.78 is 1.98. The third-order valence-electron chi connectivity index (χ3n) is 4.36. The summed E-state index contributed by atoms with van der Waals surface area (Å²) in [5, 5.41) is 4.44. The molecular formula is C17H23N5O. The molecule has 0 aliphatic carbocycles. The molecule has 6 nitrogen and oxygen atoms in total. The predicted octanol–water partition coefficient (Wildman–Crippen LogP) is 2.43. The maximum Gasteiger partial charge on any atom is 0.223 e. The van der Waals surface area contributed by atoms with Crippen molar-refractivity contribution < 1.29 is 4.79 Å². The fourth-order valence-electron chi connectivity index (χ4n) is 3.28. The molecule has 0 radical (unpaired) electrons. The van der Waals surface area contributed by atoms with Crippen molar-refractivity contribution in [3.8, 4) is 0 Å². The minimum atomic E-state index is 0.0879. The lowest BCUT2D eigenvalue weighted by molar-refractivity contribution is -0.132. The fraction of sp³-hybridized carbons (Fsp3) is 0.529. The highest BCUT2D eigenvalue weighted by Crippen LogP contribution is 2.30.